The van der Waals surface area contributed by atoms with Crippen molar-refractivity contribution in [3.8, 4) is 0 Å². The Morgan fingerprint density at radius 2 is 2.10 bits per heavy atom. The smallest absolute Gasteiger partial charge is 0.134 e. The average Bonchev–Trinajstić information content (AvgIpc) is 2.44. The van der Waals surface area contributed by atoms with Crippen molar-refractivity contribution >= 4 is 21.7 Å². The third-order valence-electron chi connectivity index (χ3n) is 3.03. The van der Waals surface area contributed by atoms with Crippen LogP contribution in [0.5, 0.6) is 0 Å². The Morgan fingerprint density at radius 1 is 1.30 bits per heavy atom. The lowest BCUT2D eigenvalue weighted by atomic mass is 10.1. The third-order valence-corrected chi connectivity index (χ3v) is 3.44. The van der Waals surface area contributed by atoms with Crippen molar-refractivity contribution in [3.05, 3.63) is 46.1 Å². The van der Waals surface area contributed by atoms with E-state index in [0.717, 1.165) is 28.4 Å². The van der Waals surface area contributed by atoms with Crippen LogP contribution in [0.4, 0.5) is 5.82 Å². The van der Waals surface area contributed by atoms with Crippen molar-refractivity contribution in [2.75, 3.05) is 5.32 Å². The summed E-state index contributed by atoms with van der Waals surface area (Å²) in [6.45, 7) is 6.97. The Kier molecular flexibility index (Phi) is 5.06. The molecule has 4 nitrogen and oxygen atoms in total. The van der Waals surface area contributed by atoms with Crippen molar-refractivity contribution in [2.45, 2.75) is 39.7 Å². The van der Waals surface area contributed by atoms with Gasteiger partial charge in [-0.2, -0.15) is 0 Å². The SMILES string of the molecule is CCc1cccnc1CNc1cc(Br)nc(C(C)C)n1. The minimum absolute atomic E-state index is 0.300. The first-order valence-electron chi connectivity index (χ1n) is 6.81. The van der Waals surface area contributed by atoms with Crippen molar-refractivity contribution in [1.82, 2.24) is 15.0 Å². The van der Waals surface area contributed by atoms with Crippen LogP contribution in [-0.2, 0) is 13.0 Å². The van der Waals surface area contributed by atoms with Gasteiger partial charge in [-0.15, -0.1) is 0 Å². The maximum Gasteiger partial charge on any atom is 0.134 e. The minimum Gasteiger partial charge on any atom is -0.364 e. The number of aromatic nitrogens is 3. The molecule has 0 spiro atoms. The van der Waals surface area contributed by atoms with Crippen LogP contribution in [0.1, 0.15) is 43.8 Å². The molecule has 2 heterocycles. The zero-order chi connectivity index (χ0) is 14.5. The zero-order valence-corrected chi connectivity index (χ0v) is 13.6. The van der Waals surface area contributed by atoms with Crippen LogP contribution in [0, 0.1) is 0 Å². The normalized spacial score (nSPS) is 10.8. The summed E-state index contributed by atoms with van der Waals surface area (Å²) in [5.41, 5.74) is 2.33. The van der Waals surface area contributed by atoms with Crippen LogP contribution in [0.25, 0.3) is 0 Å². The molecular formula is C15H19BrN4. The summed E-state index contributed by atoms with van der Waals surface area (Å²) < 4.78 is 0.801. The Balaban J connectivity index is 2.14. The van der Waals surface area contributed by atoms with E-state index in [1.807, 2.05) is 18.3 Å². The maximum absolute atomic E-state index is 4.52. The van der Waals surface area contributed by atoms with Crippen LogP contribution in [-0.4, -0.2) is 15.0 Å². The molecule has 0 atom stereocenters. The van der Waals surface area contributed by atoms with E-state index in [1.165, 1.54) is 5.56 Å². The van der Waals surface area contributed by atoms with E-state index in [-0.39, 0.29) is 0 Å². The van der Waals surface area contributed by atoms with Crippen LogP contribution >= 0.6 is 15.9 Å². The predicted octanol–water partition coefficient (Wildman–Crippen LogP) is 3.93. The third kappa shape index (κ3) is 3.76. The number of nitrogens with zero attached hydrogens (tertiary/aromatic N) is 3. The van der Waals surface area contributed by atoms with E-state index >= 15 is 0 Å². The second-order valence-electron chi connectivity index (χ2n) is 4.91. The van der Waals surface area contributed by atoms with Crippen molar-refractivity contribution < 1.29 is 0 Å². The standard InChI is InChI=1S/C15H19BrN4/c1-4-11-6-5-7-17-12(11)9-18-14-8-13(16)19-15(20-14)10(2)3/h5-8,10H,4,9H2,1-3H3,(H,18,19,20). The molecule has 2 rings (SSSR count). The van der Waals surface area contributed by atoms with Gasteiger partial charge in [-0.25, -0.2) is 9.97 Å². The summed E-state index contributed by atoms with van der Waals surface area (Å²) in [4.78, 5) is 13.3. The molecule has 0 aliphatic carbocycles. The Hall–Kier alpha value is -1.49. The highest BCUT2D eigenvalue weighted by molar-refractivity contribution is 9.10. The molecule has 0 saturated heterocycles. The monoisotopic (exact) mass is 334 g/mol. The number of aryl methyl sites for hydroxylation is 1. The number of hydrogen-bond donors (Lipinski definition) is 1. The average molecular weight is 335 g/mol. The molecule has 2 aromatic rings. The molecule has 5 heteroatoms. The van der Waals surface area contributed by atoms with Crippen LogP contribution in [0.3, 0.4) is 0 Å². The summed E-state index contributed by atoms with van der Waals surface area (Å²) in [5, 5.41) is 3.33. The molecule has 0 aliphatic rings. The van der Waals surface area contributed by atoms with Gasteiger partial charge in [-0.05, 0) is 34.0 Å². The van der Waals surface area contributed by atoms with E-state index < -0.39 is 0 Å². The quantitative estimate of drug-likeness (QED) is 0.841. The highest BCUT2D eigenvalue weighted by Gasteiger charge is 2.07. The minimum atomic E-state index is 0.300. The highest BCUT2D eigenvalue weighted by atomic mass is 79.9. The van der Waals surface area contributed by atoms with Gasteiger partial charge in [0.2, 0.25) is 0 Å². The lowest BCUT2D eigenvalue weighted by Gasteiger charge is -2.11. The number of anilines is 1. The summed E-state index contributed by atoms with van der Waals surface area (Å²) >= 11 is 3.43. The van der Waals surface area contributed by atoms with Crippen LogP contribution < -0.4 is 5.32 Å². The number of halogens is 1. The molecule has 106 valence electrons. The first-order chi connectivity index (χ1) is 9.60. The van der Waals surface area contributed by atoms with Gasteiger partial charge in [0, 0.05) is 18.2 Å². The molecule has 0 aliphatic heterocycles. The van der Waals surface area contributed by atoms with Crippen molar-refractivity contribution in [3.63, 3.8) is 0 Å². The fourth-order valence-electron chi connectivity index (χ4n) is 1.91. The number of nitrogens with one attached hydrogen (secondary N) is 1. The first kappa shape index (κ1) is 14.9. The van der Waals surface area contributed by atoms with E-state index in [9.17, 15) is 0 Å². The van der Waals surface area contributed by atoms with E-state index in [1.54, 1.807) is 0 Å². The maximum atomic E-state index is 4.52. The molecule has 1 N–H and O–H groups in total. The fourth-order valence-corrected chi connectivity index (χ4v) is 2.31. The second-order valence-corrected chi connectivity index (χ2v) is 5.72. The Morgan fingerprint density at radius 3 is 2.80 bits per heavy atom. The highest BCUT2D eigenvalue weighted by Crippen LogP contribution is 2.18. The van der Waals surface area contributed by atoms with E-state index in [0.29, 0.717) is 12.5 Å². The van der Waals surface area contributed by atoms with Gasteiger partial charge in [0.15, 0.2) is 0 Å². The zero-order valence-electron chi connectivity index (χ0n) is 12.0. The molecule has 0 aromatic carbocycles. The van der Waals surface area contributed by atoms with Gasteiger partial charge in [0.25, 0.3) is 0 Å². The summed E-state index contributed by atoms with van der Waals surface area (Å²) in [5.74, 6) is 1.95. The first-order valence-corrected chi connectivity index (χ1v) is 7.60. The van der Waals surface area contributed by atoms with Gasteiger partial charge < -0.3 is 5.32 Å². The lowest BCUT2D eigenvalue weighted by Crippen LogP contribution is -2.08. The van der Waals surface area contributed by atoms with Crippen LogP contribution in [0.2, 0.25) is 0 Å². The van der Waals surface area contributed by atoms with Gasteiger partial charge >= 0.3 is 0 Å². The summed E-state index contributed by atoms with van der Waals surface area (Å²) in [7, 11) is 0. The lowest BCUT2D eigenvalue weighted by molar-refractivity contribution is 0.769. The molecule has 2 aromatic heterocycles. The molecule has 0 amide bonds. The number of hydrogen-bond acceptors (Lipinski definition) is 4. The molecular weight excluding hydrogens is 316 g/mol. The molecule has 0 bridgehead atoms. The van der Waals surface area contributed by atoms with E-state index in [4.69, 9.17) is 0 Å². The van der Waals surface area contributed by atoms with E-state index in [2.05, 4.69) is 63.0 Å². The van der Waals surface area contributed by atoms with Gasteiger partial charge in [-0.1, -0.05) is 26.8 Å². The van der Waals surface area contributed by atoms with Crippen molar-refractivity contribution in [1.29, 1.82) is 0 Å². The number of rotatable bonds is 5. The predicted molar refractivity (Wildman–Crippen MR) is 84.8 cm³/mol. The molecule has 0 radical (unpaired) electrons. The molecule has 0 saturated carbocycles. The second kappa shape index (κ2) is 6.79. The fraction of sp³-hybridized carbons (Fsp3) is 0.400. The van der Waals surface area contributed by atoms with Gasteiger partial charge in [0.1, 0.15) is 16.2 Å². The molecule has 20 heavy (non-hydrogen) atoms. The Labute approximate surface area is 128 Å². The summed E-state index contributed by atoms with van der Waals surface area (Å²) in [6, 6.07) is 5.97. The molecule has 0 fully saturated rings. The topological polar surface area (TPSA) is 50.7 Å². The van der Waals surface area contributed by atoms with Crippen molar-refractivity contribution in [2.24, 2.45) is 0 Å². The Bertz CT molecular complexity index is 584. The van der Waals surface area contributed by atoms with Gasteiger partial charge in [0.05, 0.1) is 12.2 Å². The van der Waals surface area contributed by atoms with Crippen LogP contribution in [0.15, 0.2) is 29.0 Å². The largest absolute Gasteiger partial charge is 0.364 e. The molecule has 0 unspecified atom stereocenters. The van der Waals surface area contributed by atoms with Gasteiger partial charge in [-0.3, -0.25) is 4.98 Å². The number of pyridine rings is 1. The summed E-state index contributed by atoms with van der Waals surface area (Å²) in [6.07, 6.45) is 2.81.